The van der Waals surface area contributed by atoms with Gasteiger partial charge < -0.3 is 39.4 Å². The van der Waals surface area contributed by atoms with Crippen molar-refractivity contribution < 1.29 is 53.8 Å². The molecule has 1 heterocycles. The SMILES string of the molecule is CCCCC/C=C\C/C=C\CCCCCCCC(=O)OCC(COC1OC(C(=O)O)C(O)C(O)C1O)OC(=O)CCCCCCC/C=C\CCCCCC. The molecule has 6 unspecified atom stereocenters. The molecule has 1 rings (SSSR count). The van der Waals surface area contributed by atoms with Gasteiger partial charge in [0.05, 0.1) is 6.61 Å². The molecule has 1 aliphatic heterocycles. The lowest BCUT2D eigenvalue weighted by molar-refractivity contribution is -0.298. The van der Waals surface area contributed by atoms with Gasteiger partial charge in [0.1, 0.15) is 24.9 Å². The first-order valence-electron chi connectivity index (χ1n) is 21.0. The Morgan fingerprint density at radius 2 is 1.04 bits per heavy atom. The maximum atomic E-state index is 12.7. The minimum Gasteiger partial charge on any atom is -0.479 e. The van der Waals surface area contributed by atoms with Gasteiger partial charge in [-0.15, -0.1) is 0 Å². The molecule has 0 spiro atoms. The van der Waals surface area contributed by atoms with Crippen LogP contribution in [0.4, 0.5) is 0 Å². The molecule has 0 aromatic heterocycles. The molecule has 0 aromatic carbocycles. The van der Waals surface area contributed by atoms with Crippen molar-refractivity contribution in [1.29, 1.82) is 0 Å². The van der Waals surface area contributed by atoms with Crippen molar-refractivity contribution in [3.63, 3.8) is 0 Å². The fourth-order valence-electron chi connectivity index (χ4n) is 6.08. The molecule has 0 aromatic rings. The van der Waals surface area contributed by atoms with Gasteiger partial charge >= 0.3 is 17.9 Å². The van der Waals surface area contributed by atoms with Crippen LogP contribution in [0.25, 0.3) is 0 Å². The second kappa shape index (κ2) is 33.7. The quantitative estimate of drug-likeness (QED) is 0.0282. The summed E-state index contributed by atoms with van der Waals surface area (Å²) in [5.74, 6) is -2.48. The van der Waals surface area contributed by atoms with Gasteiger partial charge in [-0.05, 0) is 70.6 Å². The van der Waals surface area contributed by atoms with Crippen LogP contribution in [0.5, 0.6) is 0 Å². The van der Waals surface area contributed by atoms with Crippen LogP contribution in [0.2, 0.25) is 0 Å². The van der Waals surface area contributed by atoms with Gasteiger partial charge in [-0.25, -0.2) is 4.79 Å². The molecular formula is C43H74O11. The molecule has 0 saturated carbocycles. The van der Waals surface area contributed by atoms with Crippen molar-refractivity contribution in [2.45, 2.75) is 205 Å². The number of hydrogen-bond donors (Lipinski definition) is 4. The summed E-state index contributed by atoms with van der Waals surface area (Å²) in [6, 6.07) is 0. The fraction of sp³-hybridized carbons (Fsp3) is 0.791. The van der Waals surface area contributed by atoms with Gasteiger partial charge in [-0.3, -0.25) is 9.59 Å². The van der Waals surface area contributed by atoms with E-state index < -0.39 is 61.3 Å². The third kappa shape index (κ3) is 25.5. The maximum absolute atomic E-state index is 12.7. The lowest BCUT2D eigenvalue weighted by Crippen LogP contribution is -2.60. The van der Waals surface area contributed by atoms with E-state index in [4.69, 9.17) is 18.9 Å². The highest BCUT2D eigenvalue weighted by atomic mass is 16.7. The standard InChI is InChI=1S/C43H74O11/c1-3-5-7-9-11-13-15-17-18-20-21-23-25-27-29-31-36(44)51-33-35(34-52-43-40(48)38(46)39(47)41(54-43)42(49)50)53-37(45)32-30-28-26-24-22-19-16-14-12-10-8-6-4-2/h11,13-14,16-18,35,38-41,43,46-48H,3-10,12,15,19-34H2,1-2H3,(H,49,50)/b13-11-,16-14-,18-17-. The normalized spacial score (nSPS) is 20.9. The highest BCUT2D eigenvalue weighted by Gasteiger charge is 2.47. The second-order valence-corrected chi connectivity index (χ2v) is 14.5. The number of allylic oxidation sites excluding steroid dienone is 6. The predicted molar refractivity (Wildman–Crippen MR) is 211 cm³/mol. The van der Waals surface area contributed by atoms with Crippen molar-refractivity contribution in [3.05, 3.63) is 36.5 Å². The van der Waals surface area contributed by atoms with Gasteiger partial charge in [0.15, 0.2) is 18.5 Å². The molecule has 11 heteroatoms. The number of aliphatic hydroxyl groups excluding tert-OH is 3. The van der Waals surface area contributed by atoms with Gasteiger partial charge in [0.2, 0.25) is 0 Å². The van der Waals surface area contributed by atoms with Crippen LogP contribution in [0.1, 0.15) is 168 Å². The largest absolute Gasteiger partial charge is 0.479 e. The molecule has 1 fully saturated rings. The Labute approximate surface area is 325 Å². The van der Waals surface area contributed by atoms with Gasteiger partial charge in [-0.2, -0.15) is 0 Å². The van der Waals surface area contributed by atoms with Crippen molar-refractivity contribution in [1.82, 2.24) is 0 Å². The van der Waals surface area contributed by atoms with Gasteiger partial charge in [0, 0.05) is 12.8 Å². The molecule has 1 saturated heterocycles. The molecular weight excluding hydrogens is 692 g/mol. The van der Waals surface area contributed by atoms with E-state index in [1.165, 1.54) is 44.9 Å². The Morgan fingerprint density at radius 3 is 1.59 bits per heavy atom. The molecule has 0 bridgehead atoms. The molecule has 0 radical (unpaired) electrons. The third-order valence-electron chi connectivity index (χ3n) is 9.46. The predicted octanol–water partition coefficient (Wildman–Crippen LogP) is 8.42. The summed E-state index contributed by atoms with van der Waals surface area (Å²) in [6.45, 7) is 3.73. The zero-order chi connectivity index (χ0) is 39.7. The molecule has 54 heavy (non-hydrogen) atoms. The summed E-state index contributed by atoms with van der Waals surface area (Å²) in [5, 5.41) is 39.7. The number of esters is 2. The minimum absolute atomic E-state index is 0.169. The average Bonchev–Trinajstić information content (AvgIpc) is 3.15. The number of aliphatic carboxylic acids is 1. The Balaban J connectivity index is 2.42. The first kappa shape index (κ1) is 49.4. The number of carboxylic acid groups (broad SMARTS) is 1. The Morgan fingerprint density at radius 1 is 0.574 bits per heavy atom. The third-order valence-corrected chi connectivity index (χ3v) is 9.46. The van der Waals surface area contributed by atoms with Crippen molar-refractivity contribution in [3.8, 4) is 0 Å². The molecule has 0 aliphatic carbocycles. The van der Waals surface area contributed by atoms with Gasteiger partial charge in [-0.1, -0.05) is 121 Å². The molecule has 4 N–H and O–H groups in total. The van der Waals surface area contributed by atoms with Crippen LogP contribution in [0.3, 0.4) is 0 Å². The number of carbonyl (C=O) groups is 3. The Kier molecular flexibility index (Phi) is 30.9. The van der Waals surface area contributed by atoms with E-state index in [-0.39, 0.29) is 19.4 Å². The number of rotatable bonds is 34. The zero-order valence-electron chi connectivity index (χ0n) is 33.5. The summed E-state index contributed by atoms with van der Waals surface area (Å²) in [5.41, 5.74) is 0. The van der Waals surface area contributed by atoms with E-state index in [9.17, 15) is 34.8 Å². The van der Waals surface area contributed by atoms with E-state index in [2.05, 4.69) is 50.3 Å². The van der Waals surface area contributed by atoms with Crippen LogP contribution in [0, 0.1) is 0 Å². The van der Waals surface area contributed by atoms with Crippen molar-refractivity contribution in [2.75, 3.05) is 13.2 Å². The molecule has 0 amide bonds. The number of unbranched alkanes of at least 4 members (excludes halogenated alkanes) is 17. The van der Waals surface area contributed by atoms with Crippen LogP contribution < -0.4 is 0 Å². The van der Waals surface area contributed by atoms with E-state index in [0.717, 1.165) is 83.5 Å². The molecule has 312 valence electrons. The van der Waals surface area contributed by atoms with Gasteiger partial charge in [0.25, 0.3) is 0 Å². The van der Waals surface area contributed by atoms with Crippen molar-refractivity contribution in [2.24, 2.45) is 0 Å². The molecule has 6 atom stereocenters. The van der Waals surface area contributed by atoms with Crippen LogP contribution >= 0.6 is 0 Å². The molecule has 11 nitrogen and oxygen atoms in total. The second-order valence-electron chi connectivity index (χ2n) is 14.5. The summed E-state index contributed by atoms with van der Waals surface area (Å²) in [4.78, 5) is 36.7. The number of hydrogen-bond acceptors (Lipinski definition) is 10. The Hall–Kier alpha value is -2.57. The van der Waals surface area contributed by atoms with E-state index >= 15 is 0 Å². The minimum atomic E-state index is -1.86. The summed E-state index contributed by atoms with van der Waals surface area (Å²) < 4.78 is 21.7. The number of ether oxygens (including phenoxy) is 4. The van der Waals surface area contributed by atoms with Crippen LogP contribution in [-0.2, 0) is 33.3 Å². The monoisotopic (exact) mass is 767 g/mol. The Bertz CT molecular complexity index is 1040. The topological polar surface area (TPSA) is 169 Å². The summed E-state index contributed by atoms with van der Waals surface area (Å²) in [6.07, 6.45) is 27.7. The number of carboxylic acids is 1. The first-order chi connectivity index (χ1) is 26.2. The van der Waals surface area contributed by atoms with E-state index in [1.807, 2.05) is 0 Å². The number of carbonyl (C=O) groups excluding carboxylic acids is 2. The van der Waals surface area contributed by atoms with Crippen LogP contribution in [-0.4, -0.2) is 88.4 Å². The summed E-state index contributed by atoms with van der Waals surface area (Å²) >= 11 is 0. The average molecular weight is 767 g/mol. The van der Waals surface area contributed by atoms with Crippen molar-refractivity contribution >= 4 is 17.9 Å². The van der Waals surface area contributed by atoms with E-state index in [1.54, 1.807) is 0 Å². The molecule has 1 aliphatic rings. The highest BCUT2D eigenvalue weighted by molar-refractivity contribution is 5.73. The lowest BCUT2D eigenvalue weighted by Gasteiger charge is -2.38. The maximum Gasteiger partial charge on any atom is 0.335 e. The first-order valence-corrected chi connectivity index (χ1v) is 21.0. The zero-order valence-corrected chi connectivity index (χ0v) is 33.5. The highest BCUT2D eigenvalue weighted by Crippen LogP contribution is 2.23. The number of aliphatic hydroxyl groups is 3. The van der Waals surface area contributed by atoms with E-state index in [0.29, 0.717) is 12.8 Å². The smallest absolute Gasteiger partial charge is 0.335 e. The lowest BCUT2D eigenvalue weighted by atomic mass is 9.99. The fourth-order valence-corrected chi connectivity index (χ4v) is 6.08. The summed E-state index contributed by atoms with van der Waals surface area (Å²) in [7, 11) is 0. The van der Waals surface area contributed by atoms with Crippen LogP contribution in [0.15, 0.2) is 36.5 Å².